The Hall–Kier alpha value is -0.250. The first-order chi connectivity index (χ1) is 6.99. The predicted molar refractivity (Wildman–Crippen MR) is 63.4 cm³/mol. The minimum atomic E-state index is -0.824. The van der Waals surface area contributed by atoms with Crippen LogP contribution >= 0.6 is 34.5 Å². The minimum absolute atomic E-state index is 0.0500. The summed E-state index contributed by atoms with van der Waals surface area (Å²) in [6, 6.07) is 4.05. The van der Waals surface area contributed by atoms with Crippen LogP contribution in [0.2, 0.25) is 0 Å². The summed E-state index contributed by atoms with van der Waals surface area (Å²) in [4.78, 5) is 13.9. The lowest BCUT2D eigenvalue weighted by Crippen LogP contribution is -2.25. The number of halogens is 2. The summed E-state index contributed by atoms with van der Waals surface area (Å²) in [5, 5.41) is 2.83. The highest BCUT2D eigenvalue weighted by Gasteiger charge is 2.56. The van der Waals surface area contributed by atoms with E-state index in [2.05, 4.69) is 5.32 Å². The summed E-state index contributed by atoms with van der Waals surface area (Å²) in [6.07, 6.45) is 0.561. The van der Waals surface area contributed by atoms with E-state index in [0.717, 1.165) is 4.88 Å². The molecule has 0 saturated heterocycles. The fourth-order valence-electron chi connectivity index (χ4n) is 1.38. The van der Waals surface area contributed by atoms with Gasteiger partial charge in [-0.25, -0.2) is 0 Å². The quantitative estimate of drug-likeness (QED) is 0.836. The molecule has 1 aliphatic rings. The lowest BCUT2D eigenvalue weighted by atomic mass is 10.3. The van der Waals surface area contributed by atoms with Crippen LogP contribution in [-0.2, 0) is 11.3 Å². The van der Waals surface area contributed by atoms with E-state index >= 15 is 0 Å². The predicted octanol–water partition coefficient (Wildman–Crippen LogP) is 2.87. The maximum Gasteiger partial charge on any atom is 0.226 e. The van der Waals surface area contributed by atoms with Gasteiger partial charge in [0.1, 0.15) is 4.33 Å². The van der Waals surface area contributed by atoms with Crippen LogP contribution in [-0.4, -0.2) is 10.2 Å². The van der Waals surface area contributed by atoms with Crippen molar-refractivity contribution in [2.24, 2.45) is 5.92 Å². The van der Waals surface area contributed by atoms with Crippen molar-refractivity contribution in [3.63, 3.8) is 0 Å². The Morgan fingerprint density at radius 1 is 1.67 bits per heavy atom. The standard InChI is InChI=1S/C10H11Cl2NOS/c1-6-2-3-7(15-6)5-13-9(14)8-4-10(8,11)12/h2-3,8H,4-5H2,1H3,(H,13,14). The maximum absolute atomic E-state index is 11.5. The molecule has 0 radical (unpaired) electrons. The Kier molecular flexibility index (Phi) is 2.97. The van der Waals surface area contributed by atoms with Crippen LogP contribution in [0.5, 0.6) is 0 Å². The number of hydrogen-bond acceptors (Lipinski definition) is 2. The zero-order chi connectivity index (χ0) is 11.1. The highest BCUT2D eigenvalue weighted by molar-refractivity contribution is 7.11. The summed E-state index contributed by atoms with van der Waals surface area (Å²) in [5.74, 6) is -0.284. The van der Waals surface area contributed by atoms with Crippen molar-refractivity contribution in [3.8, 4) is 0 Å². The average molecular weight is 264 g/mol. The van der Waals surface area contributed by atoms with Gasteiger partial charge >= 0.3 is 0 Å². The zero-order valence-corrected chi connectivity index (χ0v) is 10.5. The van der Waals surface area contributed by atoms with Crippen LogP contribution < -0.4 is 5.32 Å². The number of nitrogens with one attached hydrogen (secondary N) is 1. The molecule has 0 aromatic carbocycles. The molecule has 1 aliphatic carbocycles. The van der Waals surface area contributed by atoms with E-state index < -0.39 is 4.33 Å². The van der Waals surface area contributed by atoms with Crippen molar-refractivity contribution in [2.75, 3.05) is 0 Å². The minimum Gasteiger partial charge on any atom is -0.351 e. The molecular formula is C10H11Cl2NOS. The molecule has 82 valence electrons. The van der Waals surface area contributed by atoms with Crippen molar-refractivity contribution < 1.29 is 4.79 Å². The molecule has 2 nitrogen and oxygen atoms in total. The molecule has 1 atom stereocenters. The number of aryl methyl sites for hydroxylation is 1. The van der Waals surface area contributed by atoms with Gasteiger partial charge < -0.3 is 5.32 Å². The van der Waals surface area contributed by atoms with Gasteiger partial charge in [-0.2, -0.15) is 0 Å². The van der Waals surface area contributed by atoms with Crippen LogP contribution in [0.1, 0.15) is 16.2 Å². The van der Waals surface area contributed by atoms with Crippen LogP contribution in [0, 0.1) is 12.8 Å². The molecule has 1 heterocycles. The number of alkyl halides is 2. The summed E-state index contributed by atoms with van der Waals surface area (Å²) in [6.45, 7) is 2.61. The van der Waals surface area contributed by atoms with E-state index in [0.29, 0.717) is 13.0 Å². The number of thiophene rings is 1. The molecule has 1 aromatic rings. The van der Waals surface area contributed by atoms with Crippen molar-refractivity contribution >= 4 is 40.4 Å². The number of rotatable bonds is 3. The SMILES string of the molecule is Cc1ccc(CNC(=O)C2CC2(Cl)Cl)s1. The largest absolute Gasteiger partial charge is 0.351 e. The molecule has 1 amide bonds. The molecule has 0 aliphatic heterocycles. The van der Waals surface area contributed by atoms with Crippen molar-refractivity contribution in [2.45, 2.75) is 24.2 Å². The van der Waals surface area contributed by atoms with Gasteiger partial charge in [0.05, 0.1) is 12.5 Å². The van der Waals surface area contributed by atoms with E-state index in [-0.39, 0.29) is 11.8 Å². The Bertz CT molecular complexity index is 389. The second-order valence-corrected chi connectivity index (χ2v) is 6.66. The van der Waals surface area contributed by atoms with Gasteiger partial charge in [-0.15, -0.1) is 34.5 Å². The first-order valence-electron chi connectivity index (χ1n) is 4.70. The molecule has 0 spiro atoms. The first-order valence-corrected chi connectivity index (χ1v) is 6.27. The second-order valence-electron chi connectivity index (χ2n) is 3.75. The summed E-state index contributed by atoms with van der Waals surface area (Å²) >= 11 is 13.3. The van der Waals surface area contributed by atoms with Gasteiger partial charge in [-0.05, 0) is 25.5 Å². The third-order valence-corrected chi connectivity index (χ3v) is 4.21. The Morgan fingerprint density at radius 3 is 2.80 bits per heavy atom. The first kappa shape index (κ1) is 11.2. The normalized spacial score (nSPS) is 22.5. The average Bonchev–Trinajstić information content (AvgIpc) is 2.59. The van der Waals surface area contributed by atoms with Crippen molar-refractivity contribution in [1.29, 1.82) is 0 Å². The fraction of sp³-hybridized carbons (Fsp3) is 0.500. The molecular weight excluding hydrogens is 253 g/mol. The van der Waals surface area contributed by atoms with E-state index in [4.69, 9.17) is 23.2 Å². The maximum atomic E-state index is 11.5. The zero-order valence-electron chi connectivity index (χ0n) is 8.22. The monoisotopic (exact) mass is 263 g/mol. The van der Waals surface area contributed by atoms with Gasteiger partial charge in [-0.3, -0.25) is 4.79 Å². The second kappa shape index (κ2) is 3.96. The third kappa shape index (κ3) is 2.65. The molecule has 5 heteroatoms. The van der Waals surface area contributed by atoms with E-state index in [1.54, 1.807) is 11.3 Å². The van der Waals surface area contributed by atoms with Gasteiger partial charge in [0.2, 0.25) is 5.91 Å². The molecule has 1 unspecified atom stereocenters. The van der Waals surface area contributed by atoms with Gasteiger partial charge in [-0.1, -0.05) is 0 Å². The third-order valence-electron chi connectivity index (χ3n) is 2.38. The van der Waals surface area contributed by atoms with E-state index in [1.165, 1.54) is 4.88 Å². The van der Waals surface area contributed by atoms with Crippen LogP contribution in [0.4, 0.5) is 0 Å². The topological polar surface area (TPSA) is 29.1 Å². The Balaban J connectivity index is 1.82. The van der Waals surface area contributed by atoms with Crippen molar-refractivity contribution in [3.05, 3.63) is 21.9 Å². The molecule has 1 N–H and O–H groups in total. The number of carbonyl (C=O) groups excluding carboxylic acids is 1. The number of hydrogen-bond donors (Lipinski definition) is 1. The van der Waals surface area contributed by atoms with E-state index in [9.17, 15) is 4.79 Å². The van der Waals surface area contributed by atoms with Gasteiger partial charge in [0.15, 0.2) is 0 Å². The van der Waals surface area contributed by atoms with Gasteiger partial charge in [0, 0.05) is 9.75 Å². The summed E-state index contributed by atoms with van der Waals surface area (Å²) < 4.78 is -0.824. The molecule has 0 bridgehead atoms. The smallest absolute Gasteiger partial charge is 0.226 e. The highest BCUT2D eigenvalue weighted by Crippen LogP contribution is 2.53. The molecule has 2 rings (SSSR count). The number of carbonyl (C=O) groups is 1. The molecule has 15 heavy (non-hydrogen) atoms. The van der Waals surface area contributed by atoms with Crippen molar-refractivity contribution in [1.82, 2.24) is 5.32 Å². The van der Waals surface area contributed by atoms with Crippen LogP contribution in [0.25, 0.3) is 0 Å². The summed E-state index contributed by atoms with van der Waals surface area (Å²) in [5.41, 5.74) is 0. The molecule has 1 aromatic heterocycles. The lowest BCUT2D eigenvalue weighted by Gasteiger charge is -2.02. The molecule has 1 fully saturated rings. The lowest BCUT2D eigenvalue weighted by molar-refractivity contribution is -0.122. The van der Waals surface area contributed by atoms with E-state index in [1.807, 2.05) is 19.1 Å². The Morgan fingerprint density at radius 2 is 2.33 bits per heavy atom. The highest BCUT2D eigenvalue weighted by atomic mass is 35.5. The van der Waals surface area contributed by atoms with Gasteiger partial charge in [0.25, 0.3) is 0 Å². The Labute approximate surface area is 103 Å². The number of amides is 1. The van der Waals surface area contributed by atoms with Crippen LogP contribution in [0.3, 0.4) is 0 Å². The fourth-order valence-corrected chi connectivity index (χ4v) is 2.71. The molecule has 1 saturated carbocycles. The van der Waals surface area contributed by atoms with Crippen LogP contribution in [0.15, 0.2) is 12.1 Å². The summed E-state index contributed by atoms with van der Waals surface area (Å²) in [7, 11) is 0.